The number of carbonyl (C=O) groups is 2. The molecule has 0 fully saturated rings. The molecular formula is C16H23NO3. The van der Waals surface area contributed by atoms with Crippen molar-refractivity contribution in [3.8, 4) is 0 Å². The van der Waals surface area contributed by atoms with E-state index in [4.69, 9.17) is 5.11 Å². The molecule has 0 aliphatic carbocycles. The molecule has 0 spiro atoms. The maximum Gasteiger partial charge on any atom is 0.328 e. The van der Waals surface area contributed by atoms with Crippen LogP contribution in [0.1, 0.15) is 38.8 Å². The van der Waals surface area contributed by atoms with Crippen LogP contribution in [0.4, 0.5) is 0 Å². The van der Waals surface area contributed by atoms with Gasteiger partial charge in [0, 0.05) is 0 Å². The van der Waals surface area contributed by atoms with E-state index in [9.17, 15) is 9.59 Å². The van der Waals surface area contributed by atoms with Gasteiger partial charge in [0.25, 0.3) is 0 Å². The van der Waals surface area contributed by atoms with Gasteiger partial charge in [0.15, 0.2) is 0 Å². The van der Waals surface area contributed by atoms with Crippen molar-refractivity contribution in [2.24, 2.45) is 5.92 Å². The molecule has 4 heteroatoms. The highest BCUT2D eigenvalue weighted by molar-refractivity contribution is 5.87. The zero-order valence-electron chi connectivity index (χ0n) is 12.6. The van der Waals surface area contributed by atoms with Crippen molar-refractivity contribution in [3.05, 3.63) is 35.4 Å². The minimum absolute atomic E-state index is 0.193. The fraction of sp³-hybridized carbons (Fsp3) is 0.500. The van der Waals surface area contributed by atoms with Crippen LogP contribution in [0, 0.1) is 5.92 Å². The van der Waals surface area contributed by atoms with Crippen LogP contribution in [-0.2, 0) is 22.4 Å². The summed E-state index contributed by atoms with van der Waals surface area (Å²) in [5, 5.41) is 11.5. The summed E-state index contributed by atoms with van der Waals surface area (Å²) in [7, 11) is 0. The fourth-order valence-corrected chi connectivity index (χ4v) is 1.90. The third-order valence-corrected chi connectivity index (χ3v) is 3.02. The average Bonchev–Trinajstić information content (AvgIpc) is 2.30. The van der Waals surface area contributed by atoms with E-state index in [2.05, 4.69) is 19.2 Å². The van der Waals surface area contributed by atoms with E-state index < -0.39 is 11.5 Å². The Kier molecular flexibility index (Phi) is 5.31. The lowest BCUT2D eigenvalue weighted by Crippen LogP contribution is -2.50. The number of rotatable bonds is 6. The molecule has 0 atom stereocenters. The number of hydrogen-bond donors (Lipinski definition) is 2. The van der Waals surface area contributed by atoms with Crippen molar-refractivity contribution in [3.63, 3.8) is 0 Å². The monoisotopic (exact) mass is 277 g/mol. The van der Waals surface area contributed by atoms with Crippen molar-refractivity contribution in [2.75, 3.05) is 0 Å². The predicted molar refractivity (Wildman–Crippen MR) is 78.5 cm³/mol. The van der Waals surface area contributed by atoms with Crippen LogP contribution in [0.3, 0.4) is 0 Å². The zero-order valence-corrected chi connectivity index (χ0v) is 12.6. The summed E-state index contributed by atoms with van der Waals surface area (Å²) >= 11 is 0. The highest BCUT2D eigenvalue weighted by Crippen LogP contribution is 2.11. The molecule has 1 aromatic rings. The Morgan fingerprint density at radius 2 is 1.65 bits per heavy atom. The number of hydrogen-bond acceptors (Lipinski definition) is 2. The Balaban J connectivity index is 2.61. The summed E-state index contributed by atoms with van der Waals surface area (Å²) in [5.74, 6) is -0.729. The van der Waals surface area contributed by atoms with Crippen LogP contribution in [0.2, 0.25) is 0 Å². The highest BCUT2D eigenvalue weighted by atomic mass is 16.4. The smallest absolute Gasteiger partial charge is 0.328 e. The minimum Gasteiger partial charge on any atom is -0.480 e. The van der Waals surface area contributed by atoms with E-state index in [1.54, 1.807) is 0 Å². The normalized spacial score (nSPS) is 11.4. The third kappa shape index (κ3) is 5.03. The van der Waals surface area contributed by atoms with Gasteiger partial charge >= 0.3 is 5.97 Å². The van der Waals surface area contributed by atoms with Crippen molar-refractivity contribution >= 4 is 11.9 Å². The first-order valence-electron chi connectivity index (χ1n) is 6.83. The first-order chi connectivity index (χ1) is 9.20. The first kappa shape index (κ1) is 16.2. The Hall–Kier alpha value is -1.84. The maximum absolute atomic E-state index is 11.8. The van der Waals surface area contributed by atoms with Gasteiger partial charge in [0.1, 0.15) is 5.54 Å². The molecule has 1 amide bonds. The van der Waals surface area contributed by atoms with Crippen molar-refractivity contribution in [1.82, 2.24) is 5.32 Å². The second-order valence-electron chi connectivity index (χ2n) is 6.07. The molecule has 0 aliphatic rings. The van der Waals surface area contributed by atoms with Crippen LogP contribution in [0.5, 0.6) is 0 Å². The van der Waals surface area contributed by atoms with Gasteiger partial charge in [-0.2, -0.15) is 0 Å². The van der Waals surface area contributed by atoms with Crippen LogP contribution in [0.15, 0.2) is 24.3 Å². The van der Waals surface area contributed by atoms with E-state index in [-0.39, 0.29) is 12.3 Å². The van der Waals surface area contributed by atoms with Crippen molar-refractivity contribution in [1.29, 1.82) is 0 Å². The van der Waals surface area contributed by atoms with Crippen LogP contribution in [-0.4, -0.2) is 22.5 Å². The summed E-state index contributed by atoms with van der Waals surface area (Å²) in [6.45, 7) is 7.27. The van der Waals surface area contributed by atoms with Gasteiger partial charge in [0.2, 0.25) is 5.91 Å². The fourth-order valence-electron chi connectivity index (χ4n) is 1.90. The van der Waals surface area contributed by atoms with Gasteiger partial charge in [-0.25, -0.2) is 4.79 Å². The van der Waals surface area contributed by atoms with Gasteiger partial charge in [-0.05, 0) is 37.3 Å². The number of benzene rings is 1. The number of amides is 1. The Morgan fingerprint density at radius 1 is 1.15 bits per heavy atom. The van der Waals surface area contributed by atoms with Crippen molar-refractivity contribution < 1.29 is 14.7 Å². The van der Waals surface area contributed by atoms with Crippen LogP contribution >= 0.6 is 0 Å². The third-order valence-electron chi connectivity index (χ3n) is 3.02. The van der Waals surface area contributed by atoms with E-state index in [0.29, 0.717) is 5.92 Å². The Labute approximate surface area is 120 Å². The quantitative estimate of drug-likeness (QED) is 0.839. The Bertz CT molecular complexity index is 475. The molecule has 0 bridgehead atoms. The molecule has 0 aliphatic heterocycles. The average molecular weight is 277 g/mol. The second kappa shape index (κ2) is 6.55. The van der Waals surface area contributed by atoms with Gasteiger partial charge in [-0.3, -0.25) is 4.79 Å². The topological polar surface area (TPSA) is 66.4 Å². The Morgan fingerprint density at radius 3 is 2.10 bits per heavy atom. The summed E-state index contributed by atoms with van der Waals surface area (Å²) in [6, 6.07) is 7.88. The lowest BCUT2D eigenvalue weighted by Gasteiger charge is -2.21. The molecule has 4 nitrogen and oxygen atoms in total. The van der Waals surface area contributed by atoms with Gasteiger partial charge in [-0.15, -0.1) is 0 Å². The zero-order chi connectivity index (χ0) is 15.3. The predicted octanol–water partition coefficient (Wildman–Crippen LogP) is 2.41. The molecule has 1 aromatic carbocycles. The number of carboxylic acid groups (broad SMARTS) is 1. The lowest BCUT2D eigenvalue weighted by atomic mass is 10.0. The molecule has 0 heterocycles. The van der Waals surface area contributed by atoms with E-state index in [1.165, 1.54) is 19.4 Å². The number of carbonyl (C=O) groups excluding carboxylic acids is 1. The van der Waals surface area contributed by atoms with E-state index in [1.807, 2.05) is 24.3 Å². The minimum atomic E-state index is -1.24. The lowest BCUT2D eigenvalue weighted by molar-refractivity contribution is -0.145. The maximum atomic E-state index is 11.8. The molecule has 0 saturated heterocycles. The number of nitrogens with one attached hydrogen (secondary N) is 1. The number of aliphatic carboxylic acids is 1. The summed E-state index contributed by atoms with van der Waals surface area (Å²) in [4.78, 5) is 22.8. The van der Waals surface area contributed by atoms with Gasteiger partial charge in [0.05, 0.1) is 6.42 Å². The SMILES string of the molecule is CC(C)Cc1ccc(CC(=O)NC(C)(C)C(=O)O)cc1. The molecule has 0 saturated carbocycles. The summed E-state index contributed by atoms with van der Waals surface area (Å²) < 4.78 is 0. The highest BCUT2D eigenvalue weighted by Gasteiger charge is 2.28. The molecule has 0 unspecified atom stereocenters. The molecule has 110 valence electrons. The number of carboxylic acids is 1. The van der Waals surface area contributed by atoms with Crippen LogP contribution in [0.25, 0.3) is 0 Å². The molecule has 1 rings (SSSR count). The second-order valence-corrected chi connectivity index (χ2v) is 6.07. The van der Waals surface area contributed by atoms with Crippen molar-refractivity contribution in [2.45, 2.75) is 46.1 Å². The molecule has 20 heavy (non-hydrogen) atoms. The summed E-state index contributed by atoms with van der Waals surface area (Å²) in [6.07, 6.45) is 1.21. The van der Waals surface area contributed by atoms with Gasteiger partial charge in [-0.1, -0.05) is 38.1 Å². The molecule has 2 N–H and O–H groups in total. The molecular weight excluding hydrogens is 254 g/mol. The van der Waals surface area contributed by atoms with Crippen LogP contribution < -0.4 is 5.32 Å². The largest absolute Gasteiger partial charge is 0.480 e. The summed E-state index contributed by atoms with van der Waals surface area (Å²) in [5.41, 5.74) is 0.889. The molecule has 0 radical (unpaired) electrons. The van der Waals surface area contributed by atoms with E-state index in [0.717, 1.165) is 12.0 Å². The standard InChI is InChI=1S/C16H23NO3/c1-11(2)9-12-5-7-13(8-6-12)10-14(18)17-16(3,4)15(19)20/h5-8,11H,9-10H2,1-4H3,(H,17,18)(H,19,20). The first-order valence-corrected chi connectivity index (χ1v) is 6.83. The molecule has 0 aromatic heterocycles. The van der Waals surface area contributed by atoms with Gasteiger partial charge < -0.3 is 10.4 Å². The van der Waals surface area contributed by atoms with E-state index >= 15 is 0 Å².